The summed E-state index contributed by atoms with van der Waals surface area (Å²) in [7, 11) is -2.31. The van der Waals surface area contributed by atoms with E-state index < -0.39 is 22.0 Å². The molecule has 0 saturated carbocycles. The summed E-state index contributed by atoms with van der Waals surface area (Å²) in [6, 6.07) is 17.6. The SMILES string of the molecule is COc1cc(C=NNC(=O)[C@H]2CCCN2S(=O)(=O)c2ccc(Cl)cc2)ccc1OCc1ccc(Cl)cc1. The number of hydrogen-bond donors (Lipinski definition) is 1. The van der Waals surface area contributed by atoms with Crippen LogP contribution in [0.1, 0.15) is 24.0 Å². The van der Waals surface area contributed by atoms with Gasteiger partial charge in [-0.05, 0) is 78.6 Å². The molecule has 0 radical (unpaired) electrons. The van der Waals surface area contributed by atoms with Crippen molar-refractivity contribution in [1.29, 1.82) is 0 Å². The van der Waals surface area contributed by atoms with Gasteiger partial charge in [0.2, 0.25) is 10.0 Å². The second kappa shape index (κ2) is 12.0. The highest BCUT2D eigenvalue weighted by Gasteiger charge is 2.39. The quantitative estimate of drug-likeness (QED) is 0.296. The topological polar surface area (TPSA) is 97.3 Å². The van der Waals surface area contributed by atoms with E-state index in [1.165, 1.54) is 41.9 Å². The maximum Gasteiger partial charge on any atom is 0.258 e. The normalized spacial score (nSPS) is 16.1. The highest BCUT2D eigenvalue weighted by atomic mass is 35.5. The molecule has 0 spiro atoms. The van der Waals surface area contributed by atoms with Crippen LogP contribution in [0.3, 0.4) is 0 Å². The molecule has 0 bridgehead atoms. The van der Waals surface area contributed by atoms with Gasteiger partial charge < -0.3 is 9.47 Å². The maximum atomic E-state index is 13.0. The lowest BCUT2D eigenvalue weighted by Crippen LogP contribution is -2.44. The van der Waals surface area contributed by atoms with E-state index in [1.54, 1.807) is 30.3 Å². The number of methoxy groups -OCH3 is 1. The van der Waals surface area contributed by atoms with Crippen molar-refractivity contribution in [3.63, 3.8) is 0 Å². The number of benzene rings is 3. The Morgan fingerprint density at radius 2 is 1.73 bits per heavy atom. The van der Waals surface area contributed by atoms with E-state index in [4.69, 9.17) is 32.7 Å². The summed E-state index contributed by atoms with van der Waals surface area (Å²) in [6.45, 7) is 0.593. The Morgan fingerprint density at radius 3 is 2.41 bits per heavy atom. The molecule has 1 heterocycles. The minimum absolute atomic E-state index is 0.0885. The van der Waals surface area contributed by atoms with Crippen LogP contribution >= 0.6 is 23.2 Å². The molecular formula is C26H25Cl2N3O5S. The molecule has 194 valence electrons. The molecule has 4 rings (SSSR count). The van der Waals surface area contributed by atoms with Crippen LogP contribution in [-0.2, 0) is 21.4 Å². The second-order valence-corrected chi connectivity index (χ2v) is 11.1. The Bertz CT molecular complexity index is 1380. The molecule has 0 unspecified atom stereocenters. The van der Waals surface area contributed by atoms with Crippen LogP contribution in [0.4, 0.5) is 0 Å². The van der Waals surface area contributed by atoms with E-state index in [2.05, 4.69) is 10.5 Å². The van der Waals surface area contributed by atoms with Crippen LogP contribution in [-0.4, -0.2) is 44.5 Å². The number of carbonyl (C=O) groups is 1. The highest BCUT2D eigenvalue weighted by Crippen LogP contribution is 2.29. The van der Waals surface area contributed by atoms with E-state index >= 15 is 0 Å². The summed E-state index contributed by atoms with van der Waals surface area (Å²) in [6.07, 6.45) is 2.43. The summed E-state index contributed by atoms with van der Waals surface area (Å²) in [5.41, 5.74) is 4.08. The predicted molar refractivity (Wildman–Crippen MR) is 143 cm³/mol. The third kappa shape index (κ3) is 6.61. The van der Waals surface area contributed by atoms with Gasteiger partial charge in [0.1, 0.15) is 12.6 Å². The third-order valence-corrected chi connectivity index (χ3v) is 8.24. The van der Waals surface area contributed by atoms with Gasteiger partial charge in [-0.1, -0.05) is 35.3 Å². The molecule has 1 amide bonds. The Kier molecular flexibility index (Phi) is 8.71. The summed E-state index contributed by atoms with van der Waals surface area (Å²) in [5, 5.41) is 5.11. The number of nitrogens with zero attached hydrogens (tertiary/aromatic N) is 2. The fourth-order valence-corrected chi connectivity index (χ4v) is 5.81. The molecule has 1 saturated heterocycles. The monoisotopic (exact) mass is 561 g/mol. The number of ether oxygens (including phenoxy) is 2. The van der Waals surface area contributed by atoms with Crippen molar-refractivity contribution in [2.45, 2.75) is 30.4 Å². The maximum absolute atomic E-state index is 13.0. The van der Waals surface area contributed by atoms with Crippen molar-refractivity contribution in [2.24, 2.45) is 5.10 Å². The zero-order valence-corrected chi connectivity index (χ0v) is 22.3. The van der Waals surface area contributed by atoms with Crippen molar-refractivity contribution in [2.75, 3.05) is 13.7 Å². The lowest BCUT2D eigenvalue weighted by Gasteiger charge is -2.22. The molecule has 1 aliphatic heterocycles. The van der Waals surface area contributed by atoms with Crippen molar-refractivity contribution in [3.05, 3.63) is 87.9 Å². The van der Waals surface area contributed by atoms with Crippen molar-refractivity contribution >= 4 is 45.3 Å². The zero-order chi connectivity index (χ0) is 26.4. The Balaban J connectivity index is 1.38. The molecule has 1 aliphatic rings. The van der Waals surface area contributed by atoms with E-state index in [0.29, 0.717) is 46.6 Å². The van der Waals surface area contributed by atoms with Crippen LogP contribution in [0.15, 0.2) is 76.7 Å². The molecule has 1 N–H and O–H groups in total. The molecule has 3 aromatic carbocycles. The fraction of sp³-hybridized carbons (Fsp3) is 0.231. The zero-order valence-electron chi connectivity index (χ0n) is 19.9. The van der Waals surface area contributed by atoms with Crippen molar-refractivity contribution < 1.29 is 22.7 Å². The summed E-state index contributed by atoms with van der Waals surface area (Å²) in [5.74, 6) is 0.550. The number of carbonyl (C=O) groups excluding carboxylic acids is 1. The van der Waals surface area contributed by atoms with Gasteiger partial charge in [-0.3, -0.25) is 4.79 Å². The molecule has 0 aromatic heterocycles. The molecule has 11 heteroatoms. The number of hydrazone groups is 1. The van der Waals surface area contributed by atoms with Gasteiger partial charge in [-0.15, -0.1) is 0 Å². The van der Waals surface area contributed by atoms with Gasteiger partial charge in [-0.25, -0.2) is 13.8 Å². The molecule has 8 nitrogen and oxygen atoms in total. The van der Waals surface area contributed by atoms with E-state index in [9.17, 15) is 13.2 Å². The Morgan fingerprint density at radius 1 is 1.05 bits per heavy atom. The van der Waals surface area contributed by atoms with Gasteiger partial charge >= 0.3 is 0 Å². The van der Waals surface area contributed by atoms with E-state index in [0.717, 1.165) is 5.56 Å². The van der Waals surface area contributed by atoms with Crippen LogP contribution in [0.25, 0.3) is 0 Å². The third-order valence-electron chi connectivity index (χ3n) is 5.81. The average molecular weight is 562 g/mol. The second-order valence-electron chi connectivity index (χ2n) is 8.29. The van der Waals surface area contributed by atoms with E-state index in [-0.39, 0.29) is 11.4 Å². The molecule has 1 atom stereocenters. The molecular weight excluding hydrogens is 537 g/mol. The molecule has 1 fully saturated rings. The van der Waals surface area contributed by atoms with Crippen LogP contribution < -0.4 is 14.9 Å². The molecule has 3 aromatic rings. The van der Waals surface area contributed by atoms with Gasteiger partial charge in [0.05, 0.1) is 18.2 Å². The Labute approximate surface area is 225 Å². The lowest BCUT2D eigenvalue weighted by molar-refractivity contribution is -0.124. The standard InChI is InChI=1S/C26H25Cl2N3O5S/c1-35-25-15-19(6-13-24(25)36-17-18-4-7-20(27)8-5-18)16-29-30-26(32)23-3-2-14-31(23)37(33,34)22-11-9-21(28)10-12-22/h4-13,15-16,23H,2-3,14,17H2,1H3,(H,30,32)/t23-/m1/s1. The van der Waals surface area contributed by atoms with Crippen molar-refractivity contribution in [3.8, 4) is 11.5 Å². The first-order valence-electron chi connectivity index (χ1n) is 11.4. The first-order chi connectivity index (χ1) is 17.8. The highest BCUT2D eigenvalue weighted by molar-refractivity contribution is 7.89. The number of hydrogen-bond acceptors (Lipinski definition) is 6. The number of amides is 1. The summed E-state index contributed by atoms with van der Waals surface area (Å²) in [4.78, 5) is 12.9. The van der Waals surface area contributed by atoms with Crippen LogP contribution in [0, 0.1) is 0 Å². The first kappa shape index (κ1) is 26.9. The van der Waals surface area contributed by atoms with Crippen LogP contribution in [0.5, 0.6) is 11.5 Å². The van der Waals surface area contributed by atoms with Gasteiger partial charge in [0.15, 0.2) is 11.5 Å². The summed E-state index contributed by atoms with van der Waals surface area (Å²) >= 11 is 11.8. The predicted octanol–water partition coefficient (Wildman–Crippen LogP) is 4.88. The fourth-order valence-electron chi connectivity index (χ4n) is 3.90. The van der Waals surface area contributed by atoms with E-state index in [1.807, 2.05) is 12.1 Å². The van der Waals surface area contributed by atoms with Gasteiger partial charge in [0.25, 0.3) is 5.91 Å². The number of rotatable bonds is 9. The number of nitrogens with one attached hydrogen (secondary N) is 1. The van der Waals surface area contributed by atoms with Gasteiger partial charge in [-0.2, -0.15) is 9.41 Å². The van der Waals surface area contributed by atoms with Crippen LogP contribution in [0.2, 0.25) is 10.0 Å². The largest absolute Gasteiger partial charge is 0.493 e. The minimum atomic E-state index is -3.84. The first-order valence-corrected chi connectivity index (χ1v) is 13.6. The number of halogens is 2. The number of sulfonamides is 1. The Hall–Kier alpha value is -3.11. The molecule has 37 heavy (non-hydrogen) atoms. The molecule has 0 aliphatic carbocycles. The minimum Gasteiger partial charge on any atom is -0.493 e. The smallest absolute Gasteiger partial charge is 0.258 e. The average Bonchev–Trinajstić information content (AvgIpc) is 3.40. The van der Waals surface area contributed by atoms with Gasteiger partial charge in [0, 0.05) is 16.6 Å². The van der Waals surface area contributed by atoms with Crippen molar-refractivity contribution in [1.82, 2.24) is 9.73 Å². The lowest BCUT2D eigenvalue weighted by atomic mass is 10.2. The summed E-state index contributed by atoms with van der Waals surface area (Å²) < 4.78 is 38.6.